The predicted molar refractivity (Wildman–Crippen MR) is 118 cm³/mol. The molecule has 4 atom stereocenters. The molecule has 1 aromatic carbocycles. The summed E-state index contributed by atoms with van der Waals surface area (Å²) in [6.45, 7) is 5.95. The Labute approximate surface area is 198 Å². The third kappa shape index (κ3) is 2.78. The van der Waals surface area contributed by atoms with Gasteiger partial charge >= 0.3 is 12.1 Å². The van der Waals surface area contributed by atoms with E-state index in [4.69, 9.17) is 9.26 Å². The van der Waals surface area contributed by atoms with E-state index in [0.29, 0.717) is 12.1 Å². The second-order valence-electron chi connectivity index (χ2n) is 9.72. The molecule has 1 aromatic heterocycles. The number of ether oxygens (including phenoxy) is 1. The molecule has 3 saturated heterocycles. The summed E-state index contributed by atoms with van der Waals surface area (Å²) < 4.78 is 26.5. The third-order valence-electron chi connectivity index (χ3n) is 7.41. The highest BCUT2D eigenvalue weighted by atomic mass is 19.1. The quantitative estimate of drug-likeness (QED) is 0.498. The highest BCUT2D eigenvalue weighted by molar-refractivity contribution is 6.20. The molecular weight excluding hydrogens is 463 g/mol. The van der Waals surface area contributed by atoms with E-state index in [2.05, 4.69) is 21.1 Å². The van der Waals surface area contributed by atoms with Gasteiger partial charge in [0.15, 0.2) is 17.1 Å². The number of fused-ring (bicyclic) bond motifs is 5. The largest absolute Gasteiger partial charge is 0.447 e. The SMILES string of the molecule is C[C@@H]1CN2c3c(cc4c(N5C(=O)OC[C@@H]5C)noc4c3F)CC3(C(=O)NC(=O)NC3=O)[C@H]2[C@H](C)N1. The molecule has 0 radical (unpaired) electrons. The second kappa shape index (κ2) is 7.13. The number of benzene rings is 1. The molecule has 0 saturated carbocycles. The summed E-state index contributed by atoms with van der Waals surface area (Å²) in [5.74, 6) is -2.07. The van der Waals surface area contributed by atoms with E-state index in [1.54, 1.807) is 17.9 Å². The molecule has 1 spiro atoms. The van der Waals surface area contributed by atoms with Crippen LogP contribution in [0.5, 0.6) is 0 Å². The van der Waals surface area contributed by atoms with Gasteiger partial charge < -0.3 is 19.5 Å². The number of amides is 5. The molecule has 5 heterocycles. The van der Waals surface area contributed by atoms with Gasteiger partial charge in [0.2, 0.25) is 17.4 Å². The minimum Gasteiger partial charge on any atom is -0.447 e. The number of anilines is 2. The number of barbiturate groups is 1. The van der Waals surface area contributed by atoms with Crippen LogP contribution in [0, 0.1) is 11.2 Å². The number of nitrogens with one attached hydrogen (secondary N) is 3. The van der Waals surface area contributed by atoms with E-state index in [1.807, 2.05) is 13.8 Å². The van der Waals surface area contributed by atoms with Crippen LogP contribution in [-0.2, 0) is 20.7 Å². The van der Waals surface area contributed by atoms with Crippen LogP contribution in [0.3, 0.4) is 0 Å². The standard InChI is InChI=1S/C22H23FN6O6/c1-8-6-28-14-11(5-22(16(28)10(3)24-8)18(30)25-20(32)26-19(22)31)4-12-15(13(14)23)35-27-17(12)29-9(2)7-34-21(29)33/h4,8-10,16,24H,5-7H2,1-3H3,(H2,25,26,30,31,32)/t8-,9+,10+,16-/m1/s1. The first-order valence-electron chi connectivity index (χ1n) is 11.4. The molecule has 35 heavy (non-hydrogen) atoms. The van der Waals surface area contributed by atoms with Gasteiger partial charge in [-0.15, -0.1) is 0 Å². The smallest absolute Gasteiger partial charge is 0.416 e. The Morgan fingerprint density at radius 1 is 1.14 bits per heavy atom. The number of aromatic nitrogens is 1. The first-order chi connectivity index (χ1) is 16.6. The number of imide groups is 2. The number of hydrogen-bond donors (Lipinski definition) is 3. The first kappa shape index (κ1) is 21.8. The maximum atomic E-state index is 16.1. The fraction of sp³-hybridized carbons (Fsp3) is 0.500. The maximum absolute atomic E-state index is 16.1. The van der Waals surface area contributed by atoms with Crippen LogP contribution in [0.4, 0.5) is 25.5 Å². The normalized spacial score (nSPS) is 29.7. The minimum absolute atomic E-state index is 0.0822. The monoisotopic (exact) mass is 486 g/mol. The Balaban J connectivity index is 1.58. The van der Waals surface area contributed by atoms with Crippen LogP contribution in [-0.4, -0.2) is 66.4 Å². The molecule has 5 amide bonds. The number of halogens is 1. The Hall–Kier alpha value is -3.74. The van der Waals surface area contributed by atoms with Gasteiger partial charge in [-0.2, -0.15) is 0 Å². The van der Waals surface area contributed by atoms with E-state index < -0.39 is 47.3 Å². The molecule has 0 bridgehead atoms. The molecule has 13 heteroatoms. The molecular formula is C22H23FN6O6. The van der Waals surface area contributed by atoms with Gasteiger partial charge in [-0.3, -0.25) is 25.1 Å². The zero-order chi connectivity index (χ0) is 24.8. The number of piperazine rings is 1. The van der Waals surface area contributed by atoms with Crippen LogP contribution in [0.1, 0.15) is 26.3 Å². The Kier molecular flexibility index (Phi) is 4.44. The molecule has 184 valence electrons. The van der Waals surface area contributed by atoms with Gasteiger partial charge in [0, 0.05) is 25.0 Å². The number of hydrogen-bond acceptors (Lipinski definition) is 9. The zero-order valence-electron chi connectivity index (χ0n) is 19.2. The fourth-order valence-corrected chi connectivity index (χ4v) is 6.09. The molecule has 0 unspecified atom stereocenters. The summed E-state index contributed by atoms with van der Waals surface area (Å²) in [4.78, 5) is 53.8. The third-order valence-corrected chi connectivity index (χ3v) is 7.41. The van der Waals surface area contributed by atoms with E-state index in [1.165, 1.54) is 4.90 Å². The van der Waals surface area contributed by atoms with Crippen LogP contribution < -0.4 is 25.8 Å². The number of carbonyl (C=O) groups excluding carboxylic acids is 4. The van der Waals surface area contributed by atoms with Crippen LogP contribution in [0.25, 0.3) is 11.0 Å². The Bertz CT molecular complexity index is 1310. The average molecular weight is 486 g/mol. The Morgan fingerprint density at radius 2 is 1.86 bits per heavy atom. The lowest BCUT2D eigenvalue weighted by molar-refractivity contribution is -0.147. The van der Waals surface area contributed by atoms with E-state index in [-0.39, 0.29) is 47.6 Å². The topological polar surface area (TPSA) is 146 Å². The fourth-order valence-electron chi connectivity index (χ4n) is 6.09. The number of carbonyl (C=O) groups is 4. The number of nitrogens with zero attached hydrogens (tertiary/aromatic N) is 3. The van der Waals surface area contributed by atoms with E-state index in [9.17, 15) is 19.2 Å². The van der Waals surface area contributed by atoms with E-state index in [0.717, 1.165) is 0 Å². The first-order valence-corrected chi connectivity index (χ1v) is 11.4. The lowest BCUT2D eigenvalue weighted by atomic mass is 9.65. The maximum Gasteiger partial charge on any atom is 0.416 e. The minimum atomic E-state index is -1.69. The highest BCUT2D eigenvalue weighted by Crippen LogP contribution is 2.49. The molecule has 3 fully saturated rings. The van der Waals surface area contributed by atoms with Crippen molar-refractivity contribution in [1.29, 1.82) is 0 Å². The molecule has 3 N–H and O–H groups in total. The zero-order valence-corrected chi connectivity index (χ0v) is 19.2. The van der Waals surface area contributed by atoms with Crippen molar-refractivity contribution >= 4 is 46.4 Å². The van der Waals surface area contributed by atoms with Crippen molar-refractivity contribution < 1.29 is 32.8 Å². The summed E-state index contributed by atoms with van der Waals surface area (Å²) in [6.07, 6.45) is -0.788. The van der Waals surface area contributed by atoms with Crippen molar-refractivity contribution in [2.75, 3.05) is 23.0 Å². The van der Waals surface area contributed by atoms with Crippen molar-refractivity contribution in [3.8, 4) is 0 Å². The van der Waals surface area contributed by atoms with Gasteiger partial charge in [-0.05, 0) is 32.4 Å². The van der Waals surface area contributed by atoms with Crippen molar-refractivity contribution in [3.05, 3.63) is 17.4 Å². The molecule has 4 aliphatic rings. The van der Waals surface area contributed by atoms with Gasteiger partial charge in [-0.1, -0.05) is 5.16 Å². The molecule has 2 aromatic rings. The number of rotatable bonds is 1. The van der Waals surface area contributed by atoms with E-state index >= 15 is 4.39 Å². The summed E-state index contributed by atoms with van der Waals surface area (Å²) in [5, 5.41) is 12.0. The van der Waals surface area contributed by atoms with Crippen LogP contribution in [0.15, 0.2) is 10.6 Å². The van der Waals surface area contributed by atoms with Crippen LogP contribution >= 0.6 is 0 Å². The van der Waals surface area contributed by atoms with Crippen molar-refractivity contribution in [3.63, 3.8) is 0 Å². The molecule has 12 nitrogen and oxygen atoms in total. The highest BCUT2D eigenvalue weighted by Gasteiger charge is 2.63. The van der Waals surface area contributed by atoms with Crippen molar-refractivity contribution in [2.45, 2.75) is 51.4 Å². The summed E-state index contributed by atoms with van der Waals surface area (Å²) in [6, 6.07) is -0.885. The molecule has 4 aliphatic heterocycles. The van der Waals surface area contributed by atoms with Crippen LogP contribution in [0.2, 0.25) is 0 Å². The van der Waals surface area contributed by atoms with Gasteiger partial charge in [-0.25, -0.2) is 14.0 Å². The summed E-state index contributed by atoms with van der Waals surface area (Å²) in [7, 11) is 0. The lowest BCUT2D eigenvalue weighted by Gasteiger charge is -2.55. The lowest BCUT2D eigenvalue weighted by Crippen LogP contribution is -2.77. The van der Waals surface area contributed by atoms with Gasteiger partial charge in [0.25, 0.3) is 0 Å². The summed E-state index contributed by atoms with van der Waals surface area (Å²) in [5.41, 5.74) is -1.24. The molecule has 6 rings (SSSR count). The van der Waals surface area contributed by atoms with Crippen molar-refractivity contribution in [1.82, 2.24) is 21.1 Å². The Morgan fingerprint density at radius 3 is 2.51 bits per heavy atom. The number of urea groups is 1. The van der Waals surface area contributed by atoms with Gasteiger partial charge in [0.1, 0.15) is 6.61 Å². The number of cyclic esters (lactones) is 1. The van der Waals surface area contributed by atoms with Crippen molar-refractivity contribution in [2.24, 2.45) is 5.41 Å². The second-order valence-corrected chi connectivity index (χ2v) is 9.72. The molecule has 0 aliphatic carbocycles. The predicted octanol–water partition coefficient (Wildman–Crippen LogP) is 0.776. The average Bonchev–Trinajstić information content (AvgIpc) is 3.33. The summed E-state index contributed by atoms with van der Waals surface area (Å²) >= 11 is 0. The van der Waals surface area contributed by atoms with Gasteiger partial charge in [0.05, 0.1) is 23.2 Å².